The van der Waals surface area contributed by atoms with Gasteiger partial charge in [-0.15, -0.1) is 11.8 Å². The van der Waals surface area contributed by atoms with Crippen molar-refractivity contribution in [2.24, 2.45) is 5.92 Å². The van der Waals surface area contributed by atoms with E-state index in [1.54, 1.807) is 0 Å². The van der Waals surface area contributed by atoms with Crippen molar-refractivity contribution in [3.63, 3.8) is 0 Å². The van der Waals surface area contributed by atoms with Gasteiger partial charge in [0.25, 0.3) is 5.91 Å². The summed E-state index contributed by atoms with van der Waals surface area (Å²) >= 11 is 7.50. The van der Waals surface area contributed by atoms with E-state index in [0.717, 1.165) is 6.54 Å². The van der Waals surface area contributed by atoms with Crippen molar-refractivity contribution in [2.75, 3.05) is 29.7 Å². The maximum Gasteiger partial charge on any atom is 0.274 e. The number of anilines is 2. The molecule has 1 aromatic rings. The highest BCUT2D eigenvalue weighted by atomic mass is 35.5. The summed E-state index contributed by atoms with van der Waals surface area (Å²) in [5.41, 5.74) is 5.81. The van der Waals surface area contributed by atoms with E-state index >= 15 is 0 Å². The first-order valence-electron chi connectivity index (χ1n) is 5.95. The molecule has 0 atom stereocenters. The van der Waals surface area contributed by atoms with Gasteiger partial charge in [-0.25, -0.2) is 9.97 Å². The van der Waals surface area contributed by atoms with Crippen molar-refractivity contribution < 1.29 is 4.79 Å². The Morgan fingerprint density at radius 3 is 2.89 bits per heavy atom. The van der Waals surface area contributed by atoms with Gasteiger partial charge in [0.15, 0.2) is 22.5 Å². The summed E-state index contributed by atoms with van der Waals surface area (Å²) in [6.07, 6.45) is 4.33. The highest BCUT2D eigenvalue weighted by Crippen LogP contribution is 2.29. The molecule has 6 nitrogen and oxygen atoms in total. The van der Waals surface area contributed by atoms with Crippen LogP contribution in [-0.4, -0.2) is 34.6 Å². The smallest absolute Gasteiger partial charge is 0.274 e. The van der Waals surface area contributed by atoms with Crippen LogP contribution in [0.3, 0.4) is 0 Å². The Balaban J connectivity index is 2.08. The Bertz CT molecular complexity index is 480. The summed E-state index contributed by atoms with van der Waals surface area (Å²) in [6.45, 7) is 0.811. The maximum atomic E-state index is 11.8. The number of hydrogen-bond donors (Lipinski definition) is 3. The van der Waals surface area contributed by atoms with Crippen LogP contribution >= 0.6 is 23.4 Å². The van der Waals surface area contributed by atoms with E-state index in [2.05, 4.69) is 20.6 Å². The Kier molecular flexibility index (Phi) is 4.71. The molecule has 0 bridgehead atoms. The number of nitrogens with one attached hydrogen (secondary N) is 2. The number of nitrogen functional groups attached to an aromatic ring is 1. The predicted octanol–water partition coefficient (Wildman–Crippen LogP) is 1.58. The molecule has 0 aliphatic heterocycles. The summed E-state index contributed by atoms with van der Waals surface area (Å²) in [4.78, 5) is 19.9. The number of carbonyl (C=O) groups excluding carboxylic acids is 1. The first kappa shape index (κ1) is 14.2. The number of hydrogen-bond acceptors (Lipinski definition) is 6. The predicted molar refractivity (Wildman–Crippen MR) is 78.5 cm³/mol. The second-order valence-corrected chi connectivity index (χ2v) is 5.58. The van der Waals surface area contributed by atoms with Crippen LogP contribution in [0.5, 0.6) is 0 Å². The summed E-state index contributed by atoms with van der Waals surface area (Å²) in [5.74, 6) is 1.33. The summed E-state index contributed by atoms with van der Waals surface area (Å²) in [5, 5.41) is 5.93. The van der Waals surface area contributed by atoms with Crippen LogP contribution in [0.2, 0.25) is 5.15 Å². The highest BCUT2D eigenvalue weighted by molar-refractivity contribution is 7.98. The van der Waals surface area contributed by atoms with Gasteiger partial charge in [-0.3, -0.25) is 4.79 Å². The average molecular weight is 302 g/mol. The van der Waals surface area contributed by atoms with Gasteiger partial charge < -0.3 is 16.4 Å². The van der Waals surface area contributed by atoms with Crippen molar-refractivity contribution in [2.45, 2.75) is 12.8 Å². The molecule has 0 aromatic carbocycles. The third-order valence-corrected chi connectivity index (χ3v) is 3.42. The number of aromatic nitrogens is 2. The van der Waals surface area contributed by atoms with Crippen molar-refractivity contribution in [1.29, 1.82) is 0 Å². The van der Waals surface area contributed by atoms with Crippen LogP contribution in [0, 0.1) is 5.92 Å². The van der Waals surface area contributed by atoms with Crippen molar-refractivity contribution in [1.82, 2.24) is 15.3 Å². The molecule has 0 unspecified atom stereocenters. The first-order chi connectivity index (χ1) is 9.11. The number of rotatable bonds is 6. The molecule has 0 spiro atoms. The van der Waals surface area contributed by atoms with Crippen LogP contribution in [0.15, 0.2) is 0 Å². The summed E-state index contributed by atoms with van der Waals surface area (Å²) in [6, 6.07) is 0. The lowest BCUT2D eigenvalue weighted by Crippen LogP contribution is -2.25. The van der Waals surface area contributed by atoms with Gasteiger partial charge in [-0.2, -0.15) is 0 Å². The maximum absolute atomic E-state index is 11.8. The number of thioether (sulfide) groups is 1. The van der Waals surface area contributed by atoms with Crippen molar-refractivity contribution >= 4 is 40.9 Å². The zero-order valence-electron chi connectivity index (χ0n) is 10.6. The Hall–Kier alpha value is -1.21. The minimum Gasteiger partial charge on any atom is -0.382 e. The topological polar surface area (TPSA) is 92.9 Å². The lowest BCUT2D eigenvalue weighted by atomic mass is 10.3. The van der Waals surface area contributed by atoms with Crippen LogP contribution in [0.4, 0.5) is 11.6 Å². The summed E-state index contributed by atoms with van der Waals surface area (Å²) < 4.78 is 0. The van der Waals surface area contributed by atoms with Crippen LogP contribution in [0.25, 0.3) is 0 Å². The second kappa shape index (κ2) is 6.29. The third kappa shape index (κ3) is 3.87. The van der Waals surface area contributed by atoms with Gasteiger partial charge in [0.1, 0.15) is 0 Å². The van der Waals surface area contributed by atoms with E-state index in [0.29, 0.717) is 17.6 Å². The molecule has 1 saturated carbocycles. The Morgan fingerprint density at radius 2 is 2.26 bits per heavy atom. The third-order valence-electron chi connectivity index (χ3n) is 2.73. The van der Waals surface area contributed by atoms with E-state index in [1.165, 1.54) is 24.6 Å². The molecule has 1 aliphatic carbocycles. The van der Waals surface area contributed by atoms with Gasteiger partial charge >= 0.3 is 0 Å². The van der Waals surface area contributed by atoms with E-state index < -0.39 is 0 Å². The van der Waals surface area contributed by atoms with Gasteiger partial charge in [-0.1, -0.05) is 11.6 Å². The van der Waals surface area contributed by atoms with Gasteiger partial charge in [0.05, 0.1) is 5.88 Å². The average Bonchev–Trinajstić information content (AvgIpc) is 3.20. The highest BCUT2D eigenvalue weighted by Gasteiger charge is 2.22. The molecule has 104 valence electrons. The molecule has 0 saturated heterocycles. The lowest BCUT2D eigenvalue weighted by molar-refractivity contribution is 0.0956. The van der Waals surface area contributed by atoms with Gasteiger partial charge in [0.2, 0.25) is 0 Å². The molecular weight excluding hydrogens is 286 g/mol. The fraction of sp³-hybridized carbons (Fsp3) is 0.545. The van der Waals surface area contributed by atoms with E-state index in [1.807, 2.05) is 6.26 Å². The number of nitrogens with two attached hydrogens (primary N) is 1. The van der Waals surface area contributed by atoms with Crippen LogP contribution in [-0.2, 0) is 0 Å². The fourth-order valence-electron chi connectivity index (χ4n) is 1.49. The lowest BCUT2D eigenvalue weighted by Gasteiger charge is -2.10. The van der Waals surface area contributed by atoms with E-state index in [4.69, 9.17) is 17.3 Å². The number of carbonyl (C=O) groups is 1. The van der Waals surface area contributed by atoms with E-state index in [9.17, 15) is 4.79 Å². The molecule has 2 rings (SSSR count). The molecular formula is C11H16ClN5OS. The zero-order chi connectivity index (χ0) is 13.8. The number of halogens is 1. The minimum absolute atomic E-state index is 0.0658. The number of nitrogens with zero attached hydrogens (tertiary/aromatic N) is 2. The normalized spacial score (nSPS) is 14.2. The largest absolute Gasteiger partial charge is 0.382 e. The standard InChI is InChI=1S/C11H16ClN5OS/c1-19-5-15-11(18)7-9(13)17-10(8(12)16-7)14-4-6-2-3-6/h6H,2-5H2,1H3,(H,15,18)(H3,13,14,17). The van der Waals surface area contributed by atoms with Gasteiger partial charge in [0, 0.05) is 6.54 Å². The van der Waals surface area contributed by atoms with Crippen molar-refractivity contribution in [3.05, 3.63) is 10.8 Å². The van der Waals surface area contributed by atoms with Crippen LogP contribution < -0.4 is 16.4 Å². The molecule has 1 aromatic heterocycles. The zero-order valence-corrected chi connectivity index (χ0v) is 12.1. The molecule has 8 heteroatoms. The minimum atomic E-state index is -0.366. The van der Waals surface area contributed by atoms with E-state index in [-0.39, 0.29) is 22.6 Å². The second-order valence-electron chi connectivity index (χ2n) is 4.36. The molecule has 1 aliphatic rings. The quantitative estimate of drug-likeness (QED) is 0.691. The Labute approximate surface area is 120 Å². The molecule has 1 fully saturated rings. The fourth-order valence-corrected chi connectivity index (χ4v) is 1.96. The first-order valence-corrected chi connectivity index (χ1v) is 7.73. The monoisotopic (exact) mass is 301 g/mol. The molecule has 1 amide bonds. The van der Waals surface area contributed by atoms with Crippen LogP contribution in [0.1, 0.15) is 23.3 Å². The van der Waals surface area contributed by atoms with Crippen molar-refractivity contribution in [3.8, 4) is 0 Å². The number of amides is 1. The molecule has 1 heterocycles. The molecule has 19 heavy (non-hydrogen) atoms. The van der Waals surface area contributed by atoms with Gasteiger partial charge in [-0.05, 0) is 25.0 Å². The molecule has 4 N–H and O–H groups in total. The molecule has 0 radical (unpaired) electrons. The Morgan fingerprint density at radius 1 is 1.53 bits per heavy atom. The summed E-state index contributed by atoms with van der Waals surface area (Å²) in [7, 11) is 0. The SMILES string of the molecule is CSCNC(=O)c1nc(Cl)c(NCC2CC2)nc1N.